The number of alkyl halides is 5. The summed E-state index contributed by atoms with van der Waals surface area (Å²) >= 11 is 0. The zero-order valence-corrected chi connectivity index (χ0v) is 29.3. The van der Waals surface area contributed by atoms with Crippen molar-refractivity contribution in [2.75, 3.05) is 37.6 Å². The summed E-state index contributed by atoms with van der Waals surface area (Å²) in [4.78, 5) is 57.0. The zero-order valence-electron chi connectivity index (χ0n) is 29.3. The van der Waals surface area contributed by atoms with Crippen LogP contribution >= 0.6 is 0 Å². The lowest BCUT2D eigenvalue weighted by Gasteiger charge is -2.45. The van der Waals surface area contributed by atoms with Gasteiger partial charge in [0.1, 0.15) is 11.4 Å². The van der Waals surface area contributed by atoms with E-state index in [1.54, 1.807) is 52.5 Å². The molecule has 0 unspecified atom stereocenters. The first-order valence-electron chi connectivity index (χ1n) is 16.3. The topological polar surface area (TPSA) is 121 Å². The van der Waals surface area contributed by atoms with Crippen LogP contribution in [0.1, 0.15) is 83.7 Å². The molecule has 16 heteroatoms. The standard InChI is InChI=1S/C33H48F5N5O6/c1-19(2)43(22-10-9-21(11-12-39-18-33(36,37)38)42(17-22)30(47)49-31(4,5)6)28(45)23-16-24-25(15-20(23)3)48-32(7,8)29(46)41(24)14-13-40-27(44)26(34)35/h15-16,19,21-22,26,39H,9-14,17-18H2,1-8H3,(H,40,44)/t21-,22-/m1/s1. The Morgan fingerprint density at radius 1 is 1.10 bits per heavy atom. The summed E-state index contributed by atoms with van der Waals surface area (Å²) in [6, 6.07) is 1.88. The second-order valence-electron chi connectivity index (χ2n) is 14.2. The lowest BCUT2D eigenvalue weighted by atomic mass is 9.93. The second-order valence-corrected chi connectivity index (χ2v) is 14.2. The van der Waals surface area contributed by atoms with Gasteiger partial charge in [-0.3, -0.25) is 14.4 Å². The molecule has 2 heterocycles. The van der Waals surface area contributed by atoms with E-state index in [1.165, 1.54) is 15.9 Å². The van der Waals surface area contributed by atoms with Gasteiger partial charge in [-0.15, -0.1) is 0 Å². The van der Waals surface area contributed by atoms with Crippen molar-refractivity contribution in [2.45, 2.75) is 117 Å². The molecule has 1 saturated heterocycles. The Morgan fingerprint density at radius 2 is 1.76 bits per heavy atom. The first-order valence-corrected chi connectivity index (χ1v) is 16.3. The van der Waals surface area contributed by atoms with E-state index in [1.807, 2.05) is 13.8 Å². The fraction of sp³-hybridized carbons (Fsp3) is 0.697. The maximum Gasteiger partial charge on any atom is 0.410 e. The zero-order chi connectivity index (χ0) is 37.1. The normalized spacial score (nSPS) is 19.4. The third-order valence-corrected chi connectivity index (χ3v) is 8.26. The fourth-order valence-electron chi connectivity index (χ4n) is 6.08. The van der Waals surface area contributed by atoms with E-state index in [-0.39, 0.29) is 49.9 Å². The Hall–Kier alpha value is -3.69. The van der Waals surface area contributed by atoms with Gasteiger partial charge in [0.25, 0.3) is 17.7 Å². The smallest absolute Gasteiger partial charge is 0.410 e. The molecule has 276 valence electrons. The fourth-order valence-corrected chi connectivity index (χ4v) is 6.08. The highest BCUT2D eigenvalue weighted by molar-refractivity contribution is 6.05. The number of piperidine rings is 1. The average molecular weight is 706 g/mol. The minimum absolute atomic E-state index is 0.0230. The van der Waals surface area contributed by atoms with Crippen molar-refractivity contribution in [3.63, 3.8) is 0 Å². The number of ether oxygens (including phenoxy) is 2. The molecule has 2 atom stereocenters. The van der Waals surface area contributed by atoms with E-state index in [9.17, 15) is 41.1 Å². The summed E-state index contributed by atoms with van der Waals surface area (Å²) < 4.78 is 75.2. The molecule has 0 radical (unpaired) electrons. The summed E-state index contributed by atoms with van der Waals surface area (Å²) in [7, 11) is 0. The highest BCUT2D eigenvalue weighted by atomic mass is 19.4. The predicted octanol–water partition coefficient (Wildman–Crippen LogP) is 5.04. The largest absolute Gasteiger partial charge is 0.476 e. The number of amides is 4. The number of nitrogens with zero attached hydrogens (tertiary/aromatic N) is 3. The van der Waals surface area contributed by atoms with Crippen LogP contribution in [0.25, 0.3) is 0 Å². The van der Waals surface area contributed by atoms with Gasteiger partial charge >= 0.3 is 18.7 Å². The number of nitrogens with one attached hydrogen (secondary N) is 2. The van der Waals surface area contributed by atoms with E-state index >= 15 is 0 Å². The first-order chi connectivity index (χ1) is 22.5. The van der Waals surface area contributed by atoms with Gasteiger partial charge < -0.3 is 34.8 Å². The maximum atomic E-state index is 14.4. The number of carbonyl (C=O) groups is 4. The molecule has 0 aromatic heterocycles. The van der Waals surface area contributed by atoms with Crippen LogP contribution in [0.5, 0.6) is 5.75 Å². The number of rotatable bonds is 11. The molecular formula is C33H48F5N5O6. The molecule has 1 aromatic rings. The molecule has 1 aromatic carbocycles. The van der Waals surface area contributed by atoms with E-state index in [4.69, 9.17) is 9.47 Å². The van der Waals surface area contributed by atoms with Crippen LogP contribution in [-0.4, -0.2) is 108 Å². The number of carbonyl (C=O) groups excluding carboxylic acids is 4. The van der Waals surface area contributed by atoms with Gasteiger partial charge in [-0.25, -0.2) is 4.79 Å². The summed E-state index contributed by atoms with van der Waals surface area (Å²) in [5, 5.41) is 4.47. The number of anilines is 1. The number of hydrogen-bond acceptors (Lipinski definition) is 7. The van der Waals surface area contributed by atoms with Crippen LogP contribution < -0.4 is 20.3 Å². The molecule has 0 saturated carbocycles. The number of likely N-dealkylation sites (tertiary alicyclic amines) is 1. The molecule has 0 aliphatic carbocycles. The summed E-state index contributed by atoms with van der Waals surface area (Å²) in [6.45, 7) is 12.1. The third kappa shape index (κ3) is 10.4. The Bertz CT molecular complexity index is 1380. The van der Waals surface area contributed by atoms with Gasteiger partial charge in [-0.1, -0.05) is 0 Å². The number of fused-ring (bicyclic) bond motifs is 1. The average Bonchev–Trinajstić information content (AvgIpc) is 2.95. The van der Waals surface area contributed by atoms with E-state index in [2.05, 4.69) is 10.6 Å². The van der Waals surface area contributed by atoms with Gasteiger partial charge in [0.05, 0.1) is 18.3 Å². The Kier molecular flexibility index (Phi) is 12.5. The highest BCUT2D eigenvalue weighted by Gasteiger charge is 2.43. The van der Waals surface area contributed by atoms with Crippen LogP contribution in [0.2, 0.25) is 0 Å². The highest BCUT2D eigenvalue weighted by Crippen LogP contribution is 2.40. The summed E-state index contributed by atoms with van der Waals surface area (Å²) in [6.07, 6.45) is -7.10. The van der Waals surface area contributed by atoms with Crippen LogP contribution in [0, 0.1) is 6.92 Å². The van der Waals surface area contributed by atoms with Crippen molar-refractivity contribution in [2.24, 2.45) is 0 Å². The second kappa shape index (κ2) is 15.5. The molecular weight excluding hydrogens is 657 g/mol. The minimum Gasteiger partial charge on any atom is -0.476 e. The molecule has 0 spiro atoms. The third-order valence-electron chi connectivity index (χ3n) is 8.26. The number of halogens is 5. The van der Waals surface area contributed by atoms with Crippen LogP contribution in [-0.2, 0) is 14.3 Å². The van der Waals surface area contributed by atoms with Crippen molar-refractivity contribution >= 4 is 29.5 Å². The molecule has 0 bridgehead atoms. The molecule has 49 heavy (non-hydrogen) atoms. The maximum absolute atomic E-state index is 14.4. The summed E-state index contributed by atoms with van der Waals surface area (Å²) in [5.41, 5.74) is -1.13. The quantitative estimate of drug-likeness (QED) is 0.245. The van der Waals surface area contributed by atoms with Crippen molar-refractivity contribution in [3.05, 3.63) is 23.3 Å². The first kappa shape index (κ1) is 39.7. The number of aryl methyl sites for hydroxylation is 1. The van der Waals surface area contributed by atoms with Crippen molar-refractivity contribution in [1.82, 2.24) is 20.4 Å². The monoisotopic (exact) mass is 705 g/mol. The molecule has 11 nitrogen and oxygen atoms in total. The SMILES string of the molecule is Cc1cc2c(cc1C(=O)N(C(C)C)[C@@H]1CC[C@H](CCNCC(F)(F)F)N(C(=O)OC(C)(C)C)C1)N(CCNC(=O)C(F)F)C(=O)C(C)(C)O2. The van der Waals surface area contributed by atoms with Gasteiger partial charge in [0, 0.05) is 37.3 Å². The van der Waals surface area contributed by atoms with E-state index < -0.39 is 66.2 Å². The Balaban J connectivity index is 1.91. The number of benzene rings is 1. The lowest BCUT2D eigenvalue weighted by molar-refractivity contribution is -0.133. The lowest BCUT2D eigenvalue weighted by Crippen LogP contribution is -2.58. The van der Waals surface area contributed by atoms with Crippen molar-refractivity contribution in [3.8, 4) is 5.75 Å². The van der Waals surface area contributed by atoms with Crippen molar-refractivity contribution < 1.29 is 50.6 Å². The molecule has 2 aliphatic heterocycles. The minimum atomic E-state index is -4.37. The molecule has 2 aliphatic rings. The van der Waals surface area contributed by atoms with E-state index in [0.29, 0.717) is 24.2 Å². The van der Waals surface area contributed by atoms with Crippen LogP contribution in [0.3, 0.4) is 0 Å². The summed E-state index contributed by atoms with van der Waals surface area (Å²) in [5.74, 6) is -2.06. The molecule has 2 N–H and O–H groups in total. The van der Waals surface area contributed by atoms with E-state index in [0.717, 1.165) is 0 Å². The predicted molar refractivity (Wildman–Crippen MR) is 172 cm³/mol. The number of hydrogen-bond donors (Lipinski definition) is 2. The Labute approximate surface area is 283 Å². The van der Waals surface area contributed by atoms with Crippen LogP contribution in [0.15, 0.2) is 12.1 Å². The molecule has 3 rings (SSSR count). The van der Waals surface area contributed by atoms with Crippen LogP contribution in [0.4, 0.5) is 32.4 Å². The van der Waals surface area contributed by atoms with Gasteiger partial charge in [-0.05, 0) is 98.9 Å². The van der Waals surface area contributed by atoms with Gasteiger partial charge in [0.15, 0.2) is 5.60 Å². The van der Waals surface area contributed by atoms with Gasteiger partial charge in [-0.2, -0.15) is 22.0 Å². The molecule has 4 amide bonds. The van der Waals surface area contributed by atoms with Crippen molar-refractivity contribution in [1.29, 1.82) is 0 Å². The van der Waals surface area contributed by atoms with Gasteiger partial charge in [0.2, 0.25) is 0 Å². The Morgan fingerprint density at radius 3 is 2.33 bits per heavy atom. The molecule has 1 fully saturated rings.